The zero-order valence-corrected chi connectivity index (χ0v) is 13.7. The summed E-state index contributed by atoms with van der Waals surface area (Å²) in [7, 11) is 0. The number of rotatable bonds is 7. The van der Waals surface area contributed by atoms with Crippen molar-refractivity contribution in [3.63, 3.8) is 0 Å². The lowest BCUT2D eigenvalue weighted by Crippen LogP contribution is -2.35. The Morgan fingerprint density at radius 1 is 1.37 bits per heavy atom. The molecule has 1 N–H and O–H groups in total. The van der Waals surface area contributed by atoms with Gasteiger partial charge in [0, 0.05) is 23.1 Å². The molecule has 0 unspecified atom stereocenters. The van der Waals surface area contributed by atoms with Crippen LogP contribution in [0.25, 0.3) is 0 Å². The largest absolute Gasteiger partial charge is 0.351 e. The molecule has 1 amide bonds. The summed E-state index contributed by atoms with van der Waals surface area (Å²) in [4.78, 5) is 14.3. The monoisotopic (exact) mass is 346 g/mol. The quantitative estimate of drug-likeness (QED) is 0.818. The number of nitrogens with one attached hydrogen (secondary N) is 1. The summed E-state index contributed by atoms with van der Waals surface area (Å²) in [6.07, 6.45) is 1.13. The molecule has 0 aromatic heterocycles. The molecule has 0 radical (unpaired) electrons. The number of hydrogen-bond acceptors (Lipinski definition) is 2. The van der Waals surface area contributed by atoms with Crippen molar-refractivity contribution in [2.24, 2.45) is 0 Å². The summed E-state index contributed by atoms with van der Waals surface area (Å²) in [6.45, 7) is 7.91. The third-order valence-electron chi connectivity index (χ3n) is 2.88. The molecule has 3 nitrogen and oxygen atoms in total. The summed E-state index contributed by atoms with van der Waals surface area (Å²) in [5.74, 6) is -0.0649. The lowest BCUT2D eigenvalue weighted by molar-refractivity contribution is 0.0948. The first-order chi connectivity index (χ1) is 9.08. The Balaban J connectivity index is 2.44. The van der Waals surface area contributed by atoms with E-state index in [0.717, 1.165) is 30.5 Å². The molecule has 0 saturated carbocycles. The molecule has 0 heterocycles. The van der Waals surface area contributed by atoms with Crippen LogP contribution >= 0.6 is 27.5 Å². The van der Waals surface area contributed by atoms with Gasteiger partial charge in [0.25, 0.3) is 5.91 Å². The number of benzene rings is 1. The van der Waals surface area contributed by atoms with Crippen molar-refractivity contribution in [2.45, 2.75) is 20.3 Å². The molecule has 0 aliphatic heterocycles. The highest BCUT2D eigenvalue weighted by Gasteiger charge is 2.08. The average molecular weight is 348 g/mol. The van der Waals surface area contributed by atoms with Crippen LogP contribution in [0.2, 0.25) is 5.02 Å². The molecule has 0 bridgehead atoms. The van der Waals surface area contributed by atoms with Crippen molar-refractivity contribution in [2.75, 3.05) is 26.2 Å². The number of hydrogen-bond donors (Lipinski definition) is 1. The minimum absolute atomic E-state index is 0.0649. The molecule has 0 saturated heterocycles. The van der Waals surface area contributed by atoms with E-state index >= 15 is 0 Å². The summed E-state index contributed by atoms with van der Waals surface area (Å²) < 4.78 is 0.739. The number of likely N-dealkylation sites (N-methyl/N-ethyl adjacent to an activating group) is 1. The van der Waals surface area contributed by atoms with Crippen molar-refractivity contribution in [3.05, 3.63) is 33.3 Å². The molecule has 0 atom stereocenters. The van der Waals surface area contributed by atoms with Crippen molar-refractivity contribution >= 4 is 33.4 Å². The van der Waals surface area contributed by atoms with Crippen LogP contribution in [0.1, 0.15) is 30.6 Å². The van der Waals surface area contributed by atoms with E-state index in [0.29, 0.717) is 17.1 Å². The molecule has 5 heteroatoms. The summed E-state index contributed by atoms with van der Waals surface area (Å²) in [5.41, 5.74) is 0.620. The number of carbonyl (C=O) groups excluding carboxylic acids is 1. The lowest BCUT2D eigenvalue weighted by atomic mass is 10.2. The van der Waals surface area contributed by atoms with Crippen LogP contribution in [0.5, 0.6) is 0 Å². The third kappa shape index (κ3) is 5.51. The maximum absolute atomic E-state index is 11.9. The molecular formula is C14H20BrClN2O. The predicted molar refractivity (Wildman–Crippen MR) is 83.9 cm³/mol. The number of carbonyl (C=O) groups is 1. The second kappa shape index (κ2) is 8.56. The molecule has 106 valence electrons. The second-order valence-corrected chi connectivity index (χ2v) is 5.58. The molecule has 1 rings (SSSR count). The van der Waals surface area contributed by atoms with Crippen LogP contribution in [0, 0.1) is 0 Å². The van der Waals surface area contributed by atoms with Crippen molar-refractivity contribution in [1.29, 1.82) is 0 Å². The zero-order chi connectivity index (χ0) is 14.3. The fraction of sp³-hybridized carbons (Fsp3) is 0.500. The van der Waals surface area contributed by atoms with Gasteiger partial charge in [0.2, 0.25) is 0 Å². The molecule has 0 spiro atoms. The van der Waals surface area contributed by atoms with Gasteiger partial charge in [-0.15, -0.1) is 0 Å². The highest BCUT2D eigenvalue weighted by molar-refractivity contribution is 9.10. The van der Waals surface area contributed by atoms with Crippen molar-refractivity contribution < 1.29 is 4.79 Å². The first kappa shape index (κ1) is 16.5. The Morgan fingerprint density at radius 3 is 2.68 bits per heavy atom. The van der Waals surface area contributed by atoms with Gasteiger partial charge in [0.1, 0.15) is 0 Å². The number of amides is 1. The van der Waals surface area contributed by atoms with Gasteiger partial charge in [-0.3, -0.25) is 4.79 Å². The molecule has 1 aromatic carbocycles. The SMILES string of the molecule is CCCN(CC)CCNC(=O)c1ccc(Cl)c(Br)c1. The highest BCUT2D eigenvalue weighted by atomic mass is 79.9. The topological polar surface area (TPSA) is 32.3 Å². The summed E-state index contributed by atoms with van der Waals surface area (Å²) in [5, 5.41) is 3.53. The summed E-state index contributed by atoms with van der Waals surface area (Å²) >= 11 is 9.22. The molecule has 1 aromatic rings. The second-order valence-electron chi connectivity index (χ2n) is 4.32. The van der Waals surface area contributed by atoms with Crippen LogP contribution in [0.3, 0.4) is 0 Å². The molecule has 0 fully saturated rings. The normalized spacial score (nSPS) is 10.8. The Kier molecular flexibility index (Phi) is 7.42. The standard InChI is InChI=1S/C14H20BrClN2O/c1-3-8-18(4-2)9-7-17-14(19)11-5-6-13(16)12(15)10-11/h5-6,10H,3-4,7-9H2,1-2H3,(H,17,19). The molecule has 19 heavy (non-hydrogen) atoms. The first-order valence-electron chi connectivity index (χ1n) is 6.54. The van der Waals surface area contributed by atoms with E-state index in [9.17, 15) is 4.79 Å². The fourth-order valence-corrected chi connectivity index (χ4v) is 2.31. The van der Waals surface area contributed by atoms with E-state index in [1.807, 2.05) is 0 Å². The van der Waals surface area contributed by atoms with Gasteiger partial charge in [-0.2, -0.15) is 0 Å². The smallest absolute Gasteiger partial charge is 0.251 e. The van der Waals surface area contributed by atoms with Gasteiger partial charge in [-0.05, 0) is 53.6 Å². The van der Waals surface area contributed by atoms with Gasteiger partial charge in [-0.25, -0.2) is 0 Å². The Labute approximate surface area is 128 Å². The summed E-state index contributed by atoms with van der Waals surface area (Å²) in [6, 6.07) is 5.18. The lowest BCUT2D eigenvalue weighted by Gasteiger charge is -2.19. The van der Waals surface area contributed by atoms with Crippen LogP contribution in [0.4, 0.5) is 0 Å². The van der Waals surface area contributed by atoms with E-state index in [2.05, 4.69) is 40.0 Å². The number of nitrogens with zero attached hydrogens (tertiary/aromatic N) is 1. The van der Waals surface area contributed by atoms with Gasteiger partial charge < -0.3 is 10.2 Å². The van der Waals surface area contributed by atoms with Crippen molar-refractivity contribution in [1.82, 2.24) is 10.2 Å². The third-order valence-corrected chi connectivity index (χ3v) is 4.10. The molecule has 0 aliphatic rings. The highest BCUT2D eigenvalue weighted by Crippen LogP contribution is 2.23. The first-order valence-corrected chi connectivity index (χ1v) is 7.71. The number of halogens is 2. The maximum atomic E-state index is 11.9. The zero-order valence-electron chi connectivity index (χ0n) is 11.4. The van der Waals surface area contributed by atoms with Gasteiger partial charge >= 0.3 is 0 Å². The Bertz CT molecular complexity index is 426. The average Bonchev–Trinajstić information content (AvgIpc) is 2.40. The Morgan fingerprint density at radius 2 is 2.11 bits per heavy atom. The van der Waals surface area contributed by atoms with E-state index in [4.69, 9.17) is 11.6 Å². The van der Waals surface area contributed by atoms with E-state index in [1.54, 1.807) is 18.2 Å². The van der Waals surface area contributed by atoms with E-state index in [-0.39, 0.29) is 5.91 Å². The van der Waals surface area contributed by atoms with Crippen LogP contribution in [-0.4, -0.2) is 37.0 Å². The van der Waals surface area contributed by atoms with E-state index in [1.165, 1.54) is 0 Å². The predicted octanol–water partition coefficient (Wildman–Crippen LogP) is 3.56. The van der Waals surface area contributed by atoms with Crippen LogP contribution in [0.15, 0.2) is 22.7 Å². The van der Waals surface area contributed by atoms with Gasteiger partial charge in [0.05, 0.1) is 5.02 Å². The van der Waals surface area contributed by atoms with Crippen LogP contribution < -0.4 is 5.32 Å². The minimum Gasteiger partial charge on any atom is -0.351 e. The maximum Gasteiger partial charge on any atom is 0.251 e. The van der Waals surface area contributed by atoms with E-state index < -0.39 is 0 Å². The van der Waals surface area contributed by atoms with Gasteiger partial charge in [0.15, 0.2) is 0 Å². The van der Waals surface area contributed by atoms with Gasteiger partial charge in [-0.1, -0.05) is 25.4 Å². The molecule has 0 aliphatic carbocycles. The minimum atomic E-state index is -0.0649. The Hall–Kier alpha value is -0.580. The molecular weight excluding hydrogens is 328 g/mol. The van der Waals surface area contributed by atoms with Crippen molar-refractivity contribution in [3.8, 4) is 0 Å². The van der Waals surface area contributed by atoms with Crippen LogP contribution in [-0.2, 0) is 0 Å². The fourth-order valence-electron chi connectivity index (χ4n) is 1.81.